The van der Waals surface area contributed by atoms with Gasteiger partial charge in [0.05, 0.1) is 12.9 Å². The van der Waals surface area contributed by atoms with E-state index in [0.717, 1.165) is 22.4 Å². The summed E-state index contributed by atoms with van der Waals surface area (Å²) < 4.78 is 31.9. The minimum atomic E-state index is -3.35. The molecule has 0 aliphatic rings. The lowest BCUT2D eigenvalue weighted by molar-refractivity contribution is 0.414. The van der Waals surface area contributed by atoms with Gasteiger partial charge in [-0.2, -0.15) is 0 Å². The molecule has 0 spiro atoms. The maximum atomic E-state index is 12.1. The van der Waals surface area contributed by atoms with Gasteiger partial charge in [0.2, 0.25) is 10.0 Å². The molecule has 0 aliphatic carbocycles. The molecular weight excluding hydrogens is 286 g/mol. The SMILES string of the molecule is COc1ccc(CNS(=O)(=O)Cc2ccccc2C)cc1. The van der Waals surface area contributed by atoms with Crippen molar-refractivity contribution >= 4 is 10.0 Å². The molecule has 0 amide bonds. The van der Waals surface area contributed by atoms with E-state index in [1.54, 1.807) is 7.11 Å². The number of hydrogen-bond donors (Lipinski definition) is 1. The van der Waals surface area contributed by atoms with Gasteiger partial charge >= 0.3 is 0 Å². The van der Waals surface area contributed by atoms with Gasteiger partial charge in [0.1, 0.15) is 5.75 Å². The van der Waals surface area contributed by atoms with Crippen LogP contribution in [0.1, 0.15) is 16.7 Å². The standard InChI is InChI=1S/C16H19NO3S/c1-13-5-3-4-6-15(13)12-21(18,19)17-11-14-7-9-16(20-2)10-8-14/h3-10,17H,11-12H2,1-2H3. The molecule has 2 aromatic rings. The predicted octanol–water partition coefficient (Wildman–Crippen LogP) is 2.62. The van der Waals surface area contributed by atoms with Crippen molar-refractivity contribution in [2.75, 3.05) is 7.11 Å². The molecule has 0 saturated heterocycles. The molecule has 5 heteroatoms. The summed E-state index contributed by atoms with van der Waals surface area (Å²) in [7, 11) is -1.76. The first-order valence-corrected chi connectivity index (χ1v) is 8.30. The average Bonchev–Trinajstić information content (AvgIpc) is 2.48. The van der Waals surface area contributed by atoms with Crippen LogP contribution in [0.25, 0.3) is 0 Å². The van der Waals surface area contributed by atoms with E-state index >= 15 is 0 Å². The fourth-order valence-electron chi connectivity index (χ4n) is 1.96. The van der Waals surface area contributed by atoms with Gasteiger partial charge in [0.25, 0.3) is 0 Å². The zero-order valence-electron chi connectivity index (χ0n) is 12.2. The van der Waals surface area contributed by atoms with Gasteiger partial charge < -0.3 is 4.74 Å². The van der Waals surface area contributed by atoms with E-state index in [1.807, 2.05) is 55.5 Å². The molecular formula is C16H19NO3S. The molecule has 2 aromatic carbocycles. The summed E-state index contributed by atoms with van der Waals surface area (Å²) in [5.41, 5.74) is 2.69. The van der Waals surface area contributed by atoms with Gasteiger partial charge in [-0.05, 0) is 35.7 Å². The topological polar surface area (TPSA) is 55.4 Å². The Hall–Kier alpha value is -1.85. The zero-order valence-corrected chi connectivity index (χ0v) is 13.0. The third-order valence-electron chi connectivity index (χ3n) is 3.26. The summed E-state index contributed by atoms with van der Waals surface area (Å²) in [6.07, 6.45) is 0. The Labute approximate surface area is 125 Å². The number of nitrogens with one attached hydrogen (secondary N) is 1. The smallest absolute Gasteiger partial charge is 0.216 e. The summed E-state index contributed by atoms with van der Waals surface area (Å²) in [6.45, 7) is 2.19. The Morgan fingerprint density at radius 3 is 2.33 bits per heavy atom. The number of sulfonamides is 1. The highest BCUT2D eigenvalue weighted by molar-refractivity contribution is 7.88. The summed E-state index contributed by atoms with van der Waals surface area (Å²) in [4.78, 5) is 0. The quantitative estimate of drug-likeness (QED) is 0.892. The Morgan fingerprint density at radius 1 is 1.05 bits per heavy atom. The fraction of sp³-hybridized carbons (Fsp3) is 0.250. The largest absolute Gasteiger partial charge is 0.497 e. The normalized spacial score (nSPS) is 11.3. The Bertz CT molecular complexity index is 694. The number of ether oxygens (including phenoxy) is 1. The van der Waals surface area contributed by atoms with Crippen LogP contribution >= 0.6 is 0 Å². The Balaban J connectivity index is 1.99. The van der Waals surface area contributed by atoms with Crippen LogP contribution in [0.15, 0.2) is 48.5 Å². The summed E-state index contributed by atoms with van der Waals surface area (Å²) in [5, 5.41) is 0. The van der Waals surface area contributed by atoms with E-state index in [0.29, 0.717) is 0 Å². The minimum Gasteiger partial charge on any atom is -0.497 e. The molecule has 112 valence electrons. The van der Waals surface area contributed by atoms with Crippen molar-refractivity contribution in [3.63, 3.8) is 0 Å². The molecule has 0 bridgehead atoms. The minimum absolute atomic E-state index is 0.00414. The van der Waals surface area contributed by atoms with E-state index in [4.69, 9.17) is 4.74 Å². The van der Waals surface area contributed by atoms with Crippen molar-refractivity contribution in [2.45, 2.75) is 19.2 Å². The first kappa shape index (κ1) is 15.5. The molecule has 0 atom stereocenters. The van der Waals surface area contributed by atoms with Crippen molar-refractivity contribution in [3.05, 3.63) is 65.2 Å². The van der Waals surface area contributed by atoms with Gasteiger partial charge in [0.15, 0.2) is 0 Å². The highest BCUT2D eigenvalue weighted by atomic mass is 32.2. The van der Waals surface area contributed by atoms with Gasteiger partial charge in [-0.1, -0.05) is 36.4 Å². The highest BCUT2D eigenvalue weighted by Gasteiger charge is 2.12. The maximum absolute atomic E-state index is 12.1. The van der Waals surface area contributed by atoms with Gasteiger partial charge in [-0.15, -0.1) is 0 Å². The van der Waals surface area contributed by atoms with Crippen molar-refractivity contribution in [2.24, 2.45) is 0 Å². The Morgan fingerprint density at radius 2 is 1.71 bits per heavy atom. The van der Waals surface area contributed by atoms with Crippen molar-refractivity contribution < 1.29 is 13.2 Å². The number of benzene rings is 2. The summed E-state index contributed by atoms with van der Waals surface area (Å²) in [6, 6.07) is 14.8. The van der Waals surface area contributed by atoms with E-state index < -0.39 is 10.0 Å². The molecule has 0 aliphatic heterocycles. The number of methoxy groups -OCH3 is 1. The number of rotatable bonds is 6. The van der Waals surface area contributed by atoms with E-state index in [-0.39, 0.29) is 12.3 Å². The second kappa shape index (κ2) is 6.74. The monoisotopic (exact) mass is 305 g/mol. The van der Waals surface area contributed by atoms with Crippen LogP contribution in [-0.2, 0) is 22.3 Å². The lowest BCUT2D eigenvalue weighted by Crippen LogP contribution is -2.25. The summed E-state index contributed by atoms with van der Waals surface area (Å²) >= 11 is 0. The number of aryl methyl sites for hydroxylation is 1. The molecule has 0 heterocycles. The highest BCUT2D eigenvalue weighted by Crippen LogP contribution is 2.13. The Kier molecular flexibility index (Phi) is 4.98. The van der Waals surface area contributed by atoms with Crippen LogP contribution in [0.5, 0.6) is 5.75 Å². The van der Waals surface area contributed by atoms with Crippen molar-refractivity contribution in [1.29, 1.82) is 0 Å². The molecule has 0 aromatic heterocycles. The molecule has 2 rings (SSSR count). The molecule has 0 unspecified atom stereocenters. The van der Waals surface area contributed by atoms with E-state index in [2.05, 4.69) is 4.72 Å². The van der Waals surface area contributed by atoms with Crippen molar-refractivity contribution in [1.82, 2.24) is 4.72 Å². The predicted molar refractivity (Wildman–Crippen MR) is 83.6 cm³/mol. The lowest BCUT2D eigenvalue weighted by atomic mass is 10.1. The maximum Gasteiger partial charge on any atom is 0.216 e. The lowest BCUT2D eigenvalue weighted by Gasteiger charge is -2.09. The second-order valence-corrected chi connectivity index (χ2v) is 6.66. The van der Waals surface area contributed by atoms with E-state index in [1.165, 1.54) is 0 Å². The first-order chi connectivity index (χ1) is 10.00. The number of hydrogen-bond acceptors (Lipinski definition) is 3. The van der Waals surface area contributed by atoms with Crippen molar-refractivity contribution in [3.8, 4) is 5.75 Å². The second-order valence-electron chi connectivity index (χ2n) is 4.85. The average molecular weight is 305 g/mol. The van der Waals surface area contributed by atoms with E-state index in [9.17, 15) is 8.42 Å². The molecule has 4 nitrogen and oxygen atoms in total. The third-order valence-corrected chi connectivity index (χ3v) is 4.54. The molecule has 0 radical (unpaired) electrons. The summed E-state index contributed by atoms with van der Waals surface area (Å²) in [5.74, 6) is 0.747. The van der Waals surface area contributed by atoms with Gasteiger partial charge in [0, 0.05) is 6.54 Å². The fourth-order valence-corrected chi connectivity index (χ4v) is 3.19. The van der Waals surface area contributed by atoms with Gasteiger partial charge in [-0.3, -0.25) is 0 Å². The van der Waals surface area contributed by atoms with Crippen LogP contribution in [0, 0.1) is 6.92 Å². The van der Waals surface area contributed by atoms with Crippen LogP contribution in [-0.4, -0.2) is 15.5 Å². The molecule has 1 N–H and O–H groups in total. The molecule has 21 heavy (non-hydrogen) atoms. The first-order valence-electron chi connectivity index (χ1n) is 6.65. The van der Waals surface area contributed by atoms with Crippen LogP contribution in [0.2, 0.25) is 0 Å². The molecule has 0 fully saturated rings. The van der Waals surface area contributed by atoms with Crippen LogP contribution in [0.4, 0.5) is 0 Å². The zero-order chi connectivity index (χ0) is 15.3. The molecule has 0 saturated carbocycles. The van der Waals surface area contributed by atoms with Crippen LogP contribution in [0.3, 0.4) is 0 Å². The van der Waals surface area contributed by atoms with Crippen LogP contribution < -0.4 is 9.46 Å². The van der Waals surface area contributed by atoms with Gasteiger partial charge in [-0.25, -0.2) is 13.1 Å². The third kappa shape index (κ3) is 4.58.